The Balaban J connectivity index is 2.33. The number of thioether (sulfide) groups is 1. The minimum atomic E-state index is 1.03. The Morgan fingerprint density at radius 2 is 2.00 bits per heavy atom. The Morgan fingerprint density at radius 1 is 1.18 bits per heavy atom. The van der Waals surface area contributed by atoms with Crippen molar-refractivity contribution in [1.82, 2.24) is 5.32 Å². The van der Waals surface area contributed by atoms with Crippen molar-refractivity contribution in [1.29, 1.82) is 0 Å². The normalized spacial score (nSPS) is 17.1. The van der Waals surface area contributed by atoms with Gasteiger partial charge >= 0.3 is 0 Å². The van der Waals surface area contributed by atoms with Crippen LogP contribution in [0.1, 0.15) is 11.1 Å². The fourth-order valence-corrected chi connectivity index (χ4v) is 2.14. The number of benzene rings is 1. The molecule has 1 heterocycles. The van der Waals surface area contributed by atoms with Crippen LogP contribution in [0.2, 0.25) is 0 Å². The lowest BCUT2D eigenvalue weighted by atomic mass is 10.1. The van der Waals surface area contributed by atoms with Crippen molar-refractivity contribution in [3.63, 3.8) is 0 Å². The zero-order valence-corrected chi connectivity index (χ0v) is 7.16. The summed E-state index contributed by atoms with van der Waals surface area (Å²) in [6, 6.07) is 8.64. The molecule has 0 bridgehead atoms. The summed E-state index contributed by atoms with van der Waals surface area (Å²) < 4.78 is 0. The molecule has 58 valence electrons. The second kappa shape index (κ2) is 3.28. The van der Waals surface area contributed by atoms with Gasteiger partial charge in [-0.05, 0) is 11.1 Å². The fraction of sp³-hybridized carbons (Fsp3) is 0.333. The van der Waals surface area contributed by atoms with Gasteiger partial charge in [0.2, 0.25) is 0 Å². The average Bonchev–Trinajstić information content (AvgIpc) is 2.28. The molecular weight excluding hydrogens is 154 g/mol. The predicted molar refractivity (Wildman–Crippen MR) is 49.4 cm³/mol. The summed E-state index contributed by atoms with van der Waals surface area (Å²) in [6.45, 7) is 1.03. The van der Waals surface area contributed by atoms with Crippen LogP contribution in [0.15, 0.2) is 24.3 Å². The second-order valence-corrected chi connectivity index (χ2v) is 3.67. The standard InChI is InChI=1S/C9H11NS/c1-2-4-9-6-11-7-10-5-8(9)3-1/h1-4,10H,5-7H2. The zero-order valence-electron chi connectivity index (χ0n) is 6.34. The molecule has 0 unspecified atom stereocenters. The molecule has 11 heavy (non-hydrogen) atoms. The monoisotopic (exact) mass is 165 g/mol. The number of nitrogens with one attached hydrogen (secondary N) is 1. The van der Waals surface area contributed by atoms with E-state index in [4.69, 9.17) is 0 Å². The van der Waals surface area contributed by atoms with Gasteiger partial charge in [-0.2, -0.15) is 0 Å². The topological polar surface area (TPSA) is 12.0 Å². The highest BCUT2D eigenvalue weighted by molar-refractivity contribution is 7.98. The minimum Gasteiger partial charge on any atom is -0.304 e. The van der Waals surface area contributed by atoms with Crippen LogP contribution >= 0.6 is 11.8 Å². The van der Waals surface area contributed by atoms with Gasteiger partial charge in [0.15, 0.2) is 0 Å². The molecule has 0 atom stereocenters. The van der Waals surface area contributed by atoms with Crippen molar-refractivity contribution >= 4 is 11.8 Å². The molecule has 1 N–H and O–H groups in total. The van der Waals surface area contributed by atoms with Crippen molar-refractivity contribution in [2.45, 2.75) is 12.3 Å². The number of hydrogen-bond acceptors (Lipinski definition) is 2. The second-order valence-electron chi connectivity index (χ2n) is 2.69. The Kier molecular flexibility index (Phi) is 2.15. The molecule has 0 aliphatic carbocycles. The molecular formula is C9H11NS. The van der Waals surface area contributed by atoms with Crippen molar-refractivity contribution in [3.05, 3.63) is 35.4 Å². The minimum absolute atomic E-state index is 1.03. The smallest absolute Gasteiger partial charge is 0.0423 e. The summed E-state index contributed by atoms with van der Waals surface area (Å²) in [6.07, 6.45) is 0. The van der Waals surface area contributed by atoms with E-state index < -0.39 is 0 Å². The first kappa shape index (κ1) is 7.19. The third-order valence-corrected chi connectivity index (χ3v) is 2.82. The van der Waals surface area contributed by atoms with E-state index in [1.807, 2.05) is 11.8 Å². The van der Waals surface area contributed by atoms with E-state index >= 15 is 0 Å². The molecule has 1 aromatic rings. The highest BCUT2D eigenvalue weighted by atomic mass is 32.2. The van der Waals surface area contributed by atoms with Gasteiger partial charge < -0.3 is 5.32 Å². The van der Waals surface area contributed by atoms with Crippen LogP contribution in [0.5, 0.6) is 0 Å². The molecule has 0 amide bonds. The first-order valence-electron chi connectivity index (χ1n) is 3.82. The van der Waals surface area contributed by atoms with Gasteiger partial charge in [0.05, 0.1) is 0 Å². The van der Waals surface area contributed by atoms with Crippen LogP contribution in [-0.4, -0.2) is 5.88 Å². The Morgan fingerprint density at radius 3 is 2.91 bits per heavy atom. The van der Waals surface area contributed by atoms with Crippen LogP contribution in [0.3, 0.4) is 0 Å². The summed E-state index contributed by atoms with van der Waals surface area (Å²) in [5, 5.41) is 3.37. The van der Waals surface area contributed by atoms with E-state index in [1.165, 1.54) is 11.1 Å². The zero-order chi connectivity index (χ0) is 7.52. The van der Waals surface area contributed by atoms with Gasteiger partial charge in [-0.3, -0.25) is 0 Å². The molecule has 1 aliphatic rings. The van der Waals surface area contributed by atoms with E-state index in [0.717, 1.165) is 18.2 Å². The van der Waals surface area contributed by atoms with Gasteiger partial charge in [-0.1, -0.05) is 24.3 Å². The summed E-state index contributed by atoms with van der Waals surface area (Å²) >= 11 is 1.95. The summed E-state index contributed by atoms with van der Waals surface area (Å²) in [4.78, 5) is 0. The third-order valence-electron chi connectivity index (χ3n) is 1.90. The number of hydrogen-bond donors (Lipinski definition) is 1. The molecule has 1 aromatic carbocycles. The van der Waals surface area contributed by atoms with E-state index in [-0.39, 0.29) is 0 Å². The maximum Gasteiger partial charge on any atom is 0.0423 e. The van der Waals surface area contributed by atoms with Crippen molar-refractivity contribution in [2.75, 3.05) is 5.88 Å². The summed E-state index contributed by atoms with van der Waals surface area (Å²) in [7, 11) is 0. The number of fused-ring (bicyclic) bond motifs is 1. The molecule has 0 radical (unpaired) electrons. The summed E-state index contributed by atoms with van der Waals surface area (Å²) in [5.41, 5.74) is 2.94. The maximum absolute atomic E-state index is 3.37. The summed E-state index contributed by atoms with van der Waals surface area (Å²) in [5.74, 6) is 2.23. The van der Waals surface area contributed by atoms with Crippen LogP contribution in [-0.2, 0) is 12.3 Å². The molecule has 0 fully saturated rings. The molecule has 0 aromatic heterocycles. The highest BCUT2D eigenvalue weighted by Gasteiger charge is 2.04. The fourth-order valence-electron chi connectivity index (χ4n) is 1.29. The molecule has 0 saturated heterocycles. The molecule has 1 nitrogen and oxygen atoms in total. The predicted octanol–water partition coefficient (Wildman–Crippen LogP) is 1.98. The van der Waals surface area contributed by atoms with Gasteiger partial charge in [0.25, 0.3) is 0 Å². The van der Waals surface area contributed by atoms with E-state index in [2.05, 4.69) is 29.6 Å². The van der Waals surface area contributed by atoms with Gasteiger partial charge in [-0.25, -0.2) is 0 Å². The van der Waals surface area contributed by atoms with Crippen molar-refractivity contribution < 1.29 is 0 Å². The lowest BCUT2D eigenvalue weighted by molar-refractivity contribution is 0.799. The first-order valence-corrected chi connectivity index (χ1v) is 4.97. The molecule has 0 spiro atoms. The van der Waals surface area contributed by atoms with E-state index in [9.17, 15) is 0 Å². The quantitative estimate of drug-likeness (QED) is 0.631. The molecule has 2 heteroatoms. The highest BCUT2D eigenvalue weighted by Crippen LogP contribution is 2.18. The molecule has 0 saturated carbocycles. The lowest BCUT2D eigenvalue weighted by Gasteiger charge is -2.01. The van der Waals surface area contributed by atoms with E-state index in [1.54, 1.807) is 0 Å². The molecule has 1 aliphatic heterocycles. The Hall–Kier alpha value is -0.470. The van der Waals surface area contributed by atoms with E-state index in [0.29, 0.717) is 0 Å². The SMILES string of the molecule is c1ccc2c(c1)CNCSC2. The lowest BCUT2D eigenvalue weighted by Crippen LogP contribution is -2.09. The maximum atomic E-state index is 3.37. The number of rotatable bonds is 0. The average molecular weight is 165 g/mol. The van der Waals surface area contributed by atoms with Crippen molar-refractivity contribution in [2.24, 2.45) is 0 Å². The molecule has 2 rings (SSSR count). The van der Waals surface area contributed by atoms with Crippen LogP contribution in [0.25, 0.3) is 0 Å². The van der Waals surface area contributed by atoms with Crippen LogP contribution < -0.4 is 5.32 Å². The van der Waals surface area contributed by atoms with Crippen LogP contribution in [0.4, 0.5) is 0 Å². The largest absolute Gasteiger partial charge is 0.304 e. The van der Waals surface area contributed by atoms with Crippen molar-refractivity contribution in [3.8, 4) is 0 Å². The van der Waals surface area contributed by atoms with Gasteiger partial charge in [0, 0.05) is 18.2 Å². The third kappa shape index (κ3) is 1.57. The van der Waals surface area contributed by atoms with Gasteiger partial charge in [-0.15, -0.1) is 11.8 Å². The Labute approximate surface area is 71.2 Å². The van der Waals surface area contributed by atoms with Gasteiger partial charge in [0.1, 0.15) is 0 Å². The Bertz CT molecular complexity index is 222. The van der Waals surface area contributed by atoms with Crippen LogP contribution in [0, 0.1) is 0 Å². The first-order chi connectivity index (χ1) is 5.47.